The van der Waals surface area contributed by atoms with Crippen molar-refractivity contribution in [2.24, 2.45) is 5.41 Å². The van der Waals surface area contributed by atoms with Crippen LogP contribution in [-0.2, 0) is 0 Å². The van der Waals surface area contributed by atoms with Gasteiger partial charge in [-0.15, -0.1) is 0 Å². The van der Waals surface area contributed by atoms with Gasteiger partial charge in [-0.25, -0.2) is 0 Å². The van der Waals surface area contributed by atoms with E-state index in [0.717, 1.165) is 22.2 Å². The zero-order valence-electron chi connectivity index (χ0n) is 9.31. The van der Waals surface area contributed by atoms with Gasteiger partial charge in [-0.1, -0.05) is 51.8 Å². The number of halogens is 2. The minimum absolute atomic E-state index is 0.161. The van der Waals surface area contributed by atoms with Crippen LogP contribution >= 0.6 is 31.9 Å². The highest BCUT2D eigenvalue weighted by atomic mass is 79.9. The van der Waals surface area contributed by atoms with E-state index in [1.165, 1.54) is 5.56 Å². The molecule has 0 atom stereocenters. The fourth-order valence-corrected chi connectivity index (χ4v) is 1.54. The molecule has 0 aliphatic carbocycles. The lowest BCUT2D eigenvalue weighted by molar-refractivity contribution is 0.202. The molecule has 84 valence electrons. The average Bonchev–Trinajstić information content (AvgIpc) is 2.20. The van der Waals surface area contributed by atoms with E-state index in [2.05, 4.69) is 58.7 Å². The molecule has 1 nitrogen and oxygen atoms in total. The lowest BCUT2D eigenvalue weighted by Crippen LogP contribution is -2.23. The van der Waals surface area contributed by atoms with E-state index in [-0.39, 0.29) is 5.41 Å². The van der Waals surface area contributed by atoms with Crippen LogP contribution in [0.3, 0.4) is 0 Å². The zero-order chi connectivity index (χ0) is 11.5. The van der Waals surface area contributed by atoms with Crippen molar-refractivity contribution in [2.75, 3.05) is 11.9 Å². The topological polar surface area (TPSA) is 9.23 Å². The molecule has 0 saturated heterocycles. The van der Waals surface area contributed by atoms with Crippen molar-refractivity contribution in [2.45, 2.75) is 20.8 Å². The normalized spacial score (nSPS) is 11.5. The summed E-state index contributed by atoms with van der Waals surface area (Å²) in [5, 5.41) is 0.938. The van der Waals surface area contributed by atoms with Gasteiger partial charge >= 0.3 is 0 Å². The molecule has 0 aliphatic rings. The highest BCUT2D eigenvalue weighted by Gasteiger charge is 2.17. The first-order valence-electron chi connectivity index (χ1n) is 4.89. The molecule has 0 N–H and O–H groups in total. The lowest BCUT2D eigenvalue weighted by Gasteiger charge is -2.22. The largest absolute Gasteiger partial charge is 0.493 e. The first kappa shape index (κ1) is 13.0. The Labute approximate surface area is 108 Å². The maximum atomic E-state index is 5.81. The molecule has 0 amide bonds. The summed E-state index contributed by atoms with van der Waals surface area (Å²) in [7, 11) is 0. The Hall–Kier alpha value is -0.0200. The third-order valence-electron chi connectivity index (χ3n) is 2.13. The molecule has 3 heteroatoms. The molecule has 0 aliphatic heterocycles. The maximum absolute atomic E-state index is 5.81. The lowest BCUT2D eigenvalue weighted by atomic mass is 9.98. The molecule has 1 aromatic carbocycles. The number of alkyl halides is 1. The van der Waals surface area contributed by atoms with Crippen LogP contribution in [0, 0.1) is 12.3 Å². The summed E-state index contributed by atoms with van der Waals surface area (Å²) in [5.74, 6) is 0.957. The average molecular weight is 336 g/mol. The Bertz CT molecular complexity index is 334. The number of hydrogen-bond acceptors (Lipinski definition) is 1. The van der Waals surface area contributed by atoms with Crippen LogP contribution in [0.15, 0.2) is 22.7 Å². The van der Waals surface area contributed by atoms with E-state index in [4.69, 9.17) is 4.74 Å². The molecule has 1 aromatic rings. The van der Waals surface area contributed by atoms with E-state index in [1.807, 2.05) is 12.1 Å². The Morgan fingerprint density at radius 3 is 2.60 bits per heavy atom. The van der Waals surface area contributed by atoms with Gasteiger partial charge in [0.2, 0.25) is 0 Å². The molecule has 0 spiro atoms. The van der Waals surface area contributed by atoms with Crippen molar-refractivity contribution in [3.8, 4) is 5.75 Å². The van der Waals surface area contributed by atoms with Crippen LogP contribution in [-0.4, -0.2) is 11.9 Å². The summed E-state index contributed by atoms with van der Waals surface area (Å²) in [4.78, 5) is 0. The smallest absolute Gasteiger partial charge is 0.123 e. The summed E-state index contributed by atoms with van der Waals surface area (Å²) < 4.78 is 6.87. The highest BCUT2D eigenvalue weighted by Crippen LogP contribution is 2.26. The molecule has 15 heavy (non-hydrogen) atoms. The standard InChI is InChI=1S/C12H16Br2O/c1-9-4-5-10(14)6-11(9)15-8-12(2,3)7-13/h4-6H,7-8H2,1-3H3. The molecule has 0 fully saturated rings. The van der Waals surface area contributed by atoms with Crippen LogP contribution in [0.5, 0.6) is 5.75 Å². The van der Waals surface area contributed by atoms with Gasteiger partial charge in [0.25, 0.3) is 0 Å². The fraction of sp³-hybridized carbons (Fsp3) is 0.500. The van der Waals surface area contributed by atoms with Crippen LogP contribution < -0.4 is 4.74 Å². The van der Waals surface area contributed by atoms with E-state index >= 15 is 0 Å². The van der Waals surface area contributed by atoms with E-state index in [0.29, 0.717) is 0 Å². The molecule has 0 radical (unpaired) electrons. The van der Waals surface area contributed by atoms with Crippen molar-refractivity contribution < 1.29 is 4.74 Å². The molecule has 0 saturated carbocycles. The van der Waals surface area contributed by atoms with Crippen molar-refractivity contribution in [1.82, 2.24) is 0 Å². The highest BCUT2D eigenvalue weighted by molar-refractivity contribution is 9.10. The SMILES string of the molecule is Cc1ccc(Br)cc1OCC(C)(C)CBr. The van der Waals surface area contributed by atoms with Gasteiger partial charge in [0.1, 0.15) is 5.75 Å². The number of benzene rings is 1. The monoisotopic (exact) mass is 334 g/mol. The molecule has 1 rings (SSSR count). The van der Waals surface area contributed by atoms with Gasteiger partial charge in [-0.3, -0.25) is 0 Å². The van der Waals surface area contributed by atoms with Crippen molar-refractivity contribution in [3.05, 3.63) is 28.2 Å². The second-order valence-electron chi connectivity index (χ2n) is 4.50. The summed E-state index contributed by atoms with van der Waals surface area (Å²) in [6.07, 6.45) is 0. The Morgan fingerprint density at radius 1 is 1.33 bits per heavy atom. The summed E-state index contributed by atoms with van der Waals surface area (Å²) in [5.41, 5.74) is 1.33. The minimum Gasteiger partial charge on any atom is -0.493 e. The van der Waals surface area contributed by atoms with E-state index in [1.54, 1.807) is 0 Å². The quantitative estimate of drug-likeness (QED) is 0.733. The van der Waals surface area contributed by atoms with Gasteiger partial charge < -0.3 is 4.74 Å². The third-order valence-corrected chi connectivity index (χ3v) is 4.14. The molecular weight excluding hydrogens is 320 g/mol. The van der Waals surface area contributed by atoms with Crippen LogP contribution in [0.4, 0.5) is 0 Å². The zero-order valence-corrected chi connectivity index (χ0v) is 12.5. The predicted molar refractivity (Wildman–Crippen MR) is 71.9 cm³/mol. The van der Waals surface area contributed by atoms with Crippen LogP contribution in [0.25, 0.3) is 0 Å². The number of ether oxygens (including phenoxy) is 1. The van der Waals surface area contributed by atoms with Gasteiger partial charge in [-0.2, -0.15) is 0 Å². The van der Waals surface area contributed by atoms with Gasteiger partial charge in [0, 0.05) is 15.2 Å². The minimum atomic E-state index is 0.161. The second kappa shape index (κ2) is 5.35. The third kappa shape index (κ3) is 4.15. The summed E-state index contributed by atoms with van der Waals surface area (Å²) in [6, 6.07) is 6.10. The van der Waals surface area contributed by atoms with Gasteiger partial charge in [0.15, 0.2) is 0 Å². The van der Waals surface area contributed by atoms with Crippen LogP contribution in [0.1, 0.15) is 19.4 Å². The predicted octanol–water partition coefficient (Wildman–Crippen LogP) is 4.56. The van der Waals surface area contributed by atoms with Gasteiger partial charge in [0.05, 0.1) is 6.61 Å². The number of aryl methyl sites for hydroxylation is 1. The van der Waals surface area contributed by atoms with E-state index < -0.39 is 0 Å². The van der Waals surface area contributed by atoms with Crippen molar-refractivity contribution >= 4 is 31.9 Å². The Morgan fingerprint density at radius 2 is 2.00 bits per heavy atom. The van der Waals surface area contributed by atoms with E-state index in [9.17, 15) is 0 Å². The number of rotatable bonds is 4. The second-order valence-corrected chi connectivity index (χ2v) is 5.97. The fourth-order valence-electron chi connectivity index (χ4n) is 1.04. The van der Waals surface area contributed by atoms with Crippen molar-refractivity contribution in [3.63, 3.8) is 0 Å². The first-order chi connectivity index (χ1) is 6.94. The Balaban J connectivity index is 2.69. The van der Waals surface area contributed by atoms with Crippen LogP contribution in [0.2, 0.25) is 0 Å². The summed E-state index contributed by atoms with van der Waals surface area (Å²) >= 11 is 6.93. The molecule has 0 unspecified atom stereocenters. The van der Waals surface area contributed by atoms with Gasteiger partial charge in [-0.05, 0) is 24.6 Å². The first-order valence-corrected chi connectivity index (χ1v) is 6.81. The Kier molecular flexibility index (Phi) is 4.65. The molecule has 0 bridgehead atoms. The van der Waals surface area contributed by atoms with Crippen molar-refractivity contribution in [1.29, 1.82) is 0 Å². The molecule has 0 aromatic heterocycles. The summed E-state index contributed by atoms with van der Waals surface area (Å²) in [6.45, 7) is 7.13. The number of hydrogen-bond donors (Lipinski definition) is 0. The maximum Gasteiger partial charge on any atom is 0.123 e. The molecule has 0 heterocycles. The molecular formula is C12H16Br2O.